The van der Waals surface area contributed by atoms with E-state index in [1.165, 1.54) is 28.6 Å². The van der Waals surface area contributed by atoms with Gasteiger partial charge in [0.2, 0.25) is 10.0 Å². The first-order chi connectivity index (χ1) is 14.7. The van der Waals surface area contributed by atoms with Crippen LogP contribution in [0.15, 0.2) is 29.2 Å². The largest absolute Gasteiger partial charge is 0.382 e. The molecule has 1 aromatic carbocycles. The van der Waals surface area contributed by atoms with Crippen LogP contribution in [0.5, 0.6) is 0 Å². The molecule has 0 saturated carbocycles. The molecule has 0 atom stereocenters. The topological polar surface area (TPSA) is 94.1 Å². The lowest BCUT2D eigenvalue weighted by Gasteiger charge is -2.28. The Hall–Kier alpha value is -2.52. The number of hydrogen-bond donors (Lipinski definition) is 1. The fourth-order valence-electron chi connectivity index (χ4n) is 4.18. The molecule has 31 heavy (non-hydrogen) atoms. The van der Waals surface area contributed by atoms with Crippen LogP contribution in [0.1, 0.15) is 44.3 Å². The highest BCUT2D eigenvalue weighted by molar-refractivity contribution is 7.89. The molecule has 7 nitrogen and oxygen atoms in total. The number of nitrogens with two attached hydrogens (primary N) is 1. The van der Waals surface area contributed by atoms with Crippen LogP contribution >= 0.6 is 0 Å². The zero-order valence-corrected chi connectivity index (χ0v) is 18.9. The average Bonchev–Trinajstić information content (AvgIpc) is 3.07. The van der Waals surface area contributed by atoms with E-state index in [1.807, 2.05) is 0 Å². The van der Waals surface area contributed by atoms with Gasteiger partial charge in [0.15, 0.2) is 5.82 Å². The van der Waals surface area contributed by atoms with Gasteiger partial charge in [-0.05, 0) is 36.6 Å². The molecule has 1 aliphatic rings. The van der Waals surface area contributed by atoms with Crippen LogP contribution in [-0.2, 0) is 36.0 Å². The molecule has 166 valence electrons. The number of hydrogen-bond acceptors (Lipinski definition) is 5. The molecule has 2 N–H and O–H groups in total. The molecule has 0 saturated heterocycles. The highest BCUT2D eigenvalue weighted by Gasteiger charge is 2.32. The van der Waals surface area contributed by atoms with Crippen LogP contribution in [0.3, 0.4) is 0 Å². The Morgan fingerprint density at radius 1 is 1.19 bits per heavy atom. The van der Waals surface area contributed by atoms with Crippen molar-refractivity contribution in [3.05, 3.63) is 47.2 Å². The van der Waals surface area contributed by atoms with E-state index in [-0.39, 0.29) is 11.4 Å². The maximum absolute atomic E-state index is 13.3. The summed E-state index contributed by atoms with van der Waals surface area (Å²) in [5.41, 5.74) is 9.47. The van der Waals surface area contributed by atoms with Crippen molar-refractivity contribution in [3.63, 3.8) is 0 Å². The van der Waals surface area contributed by atoms with Crippen molar-refractivity contribution in [1.82, 2.24) is 18.8 Å². The SMILES string of the molecule is CCCc1nc2c(N)nc3c(c2n1CC(C)C)CN(S(=O)(=O)c1ccc(F)cc1)CC3. The number of aromatic nitrogens is 3. The van der Waals surface area contributed by atoms with Crippen LogP contribution in [-0.4, -0.2) is 33.8 Å². The third kappa shape index (κ3) is 3.92. The molecule has 4 rings (SSSR count). The summed E-state index contributed by atoms with van der Waals surface area (Å²) < 4.78 is 43.4. The van der Waals surface area contributed by atoms with Crippen molar-refractivity contribution in [3.8, 4) is 0 Å². The Morgan fingerprint density at radius 3 is 2.55 bits per heavy atom. The normalized spacial score (nSPS) is 15.0. The van der Waals surface area contributed by atoms with Crippen molar-refractivity contribution in [2.45, 2.75) is 58.0 Å². The molecule has 0 unspecified atom stereocenters. The van der Waals surface area contributed by atoms with E-state index in [0.717, 1.165) is 42.0 Å². The molecule has 1 aliphatic heterocycles. The van der Waals surface area contributed by atoms with Gasteiger partial charge in [0, 0.05) is 38.0 Å². The van der Waals surface area contributed by atoms with Gasteiger partial charge in [0.25, 0.3) is 0 Å². The first-order valence-corrected chi connectivity index (χ1v) is 12.1. The number of aryl methyl sites for hydroxylation is 1. The molecule has 0 radical (unpaired) electrons. The lowest BCUT2D eigenvalue weighted by molar-refractivity contribution is 0.388. The number of rotatable bonds is 6. The highest BCUT2D eigenvalue weighted by atomic mass is 32.2. The van der Waals surface area contributed by atoms with E-state index in [1.54, 1.807) is 0 Å². The predicted octanol–water partition coefficient (Wildman–Crippen LogP) is 3.51. The second-order valence-electron chi connectivity index (χ2n) is 8.44. The summed E-state index contributed by atoms with van der Waals surface area (Å²) in [6.45, 7) is 7.65. The molecule has 0 fully saturated rings. The standard InChI is InChI=1S/C22H28FN5O2S/c1-4-5-19-26-20-21(28(19)12-14(2)3)17-13-27(11-10-18(17)25-22(20)24)31(29,30)16-8-6-15(23)7-9-16/h6-9,14H,4-5,10-13H2,1-3H3,(H2,24,25). The molecule has 0 aliphatic carbocycles. The quantitative estimate of drug-likeness (QED) is 0.627. The van der Waals surface area contributed by atoms with Crippen LogP contribution < -0.4 is 5.73 Å². The van der Waals surface area contributed by atoms with Crippen LogP contribution in [0.25, 0.3) is 11.0 Å². The van der Waals surface area contributed by atoms with Gasteiger partial charge in [-0.25, -0.2) is 22.8 Å². The Labute approximate surface area is 182 Å². The molecule has 3 heterocycles. The summed E-state index contributed by atoms with van der Waals surface area (Å²) in [6, 6.07) is 4.94. The van der Waals surface area contributed by atoms with Gasteiger partial charge in [-0.3, -0.25) is 0 Å². The summed E-state index contributed by atoms with van der Waals surface area (Å²) in [4.78, 5) is 9.43. The van der Waals surface area contributed by atoms with Crippen LogP contribution in [0.2, 0.25) is 0 Å². The number of sulfonamides is 1. The Morgan fingerprint density at radius 2 is 1.90 bits per heavy atom. The van der Waals surface area contributed by atoms with Crippen molar-refractivity contribution in [1.29, 1.82) is 0 Å². The Kier molecular flexibility index (Phi) is 5.74. The highest BCUT2D eigenvalue weighted by Crippen LogP contribution is 2.33. The van der Waals surface area contributed by atoms with Crippen molar-refractivity contribution in [2.24, 2.45) is 5.92 Å². The molecule has 0 spiro atoms. The minimum Gasteiger partial charge on any atom is -0.382 e. The number of fused-ring (bicyclic) bond motifs is 3. The van der Waals surface area contributed by atoms with Gasteiger partial charge in [-0.1, -0.05) is 20.8 Å². The fraction of sp³-hybridized carbons (Fsp3) is 0.455. The van der Waals surface area contributed by atoms with Gasteiger partial charge >= 0.3 is 0 Å². The third-order valence-corrected chi connectivity index (χ3v) is 7.44. The number of anilines is 1. The molecule has 3 aromatic rings. The smallest absolute Gasteiger partial charge is 0.243 e. The maximum Gasteiger partial charge on any atom is 0.243 e. The predicted molar refractivity (Wildman–Crippen MR) is 118 cm³/mol. The van der Waals surface area contributed by atoms with Crippen molar-refractivity contribution < 1.29 is 12.8 Å². The van der Waals surface area contributed by atoms with Gasteiger partial charge in [0.1, 0.15) is 17.2 Å². The zero-order valence-electron chi connectivity index (χ0n) is 18.1. The second kappa shape index (κ2) is 8.20. The van der Waals surface area contributed by atoms with E-state index in [2.05, 4.69) is 30.3 Å². The number of halogens is 1. The molecular weight excluding hydrogens is 417 g/mol. The van der Waals surface area contributed by atoms with Gasteiger partial charge in [-0.15, -0.1) is 0 Å². The number of nitrogens with zero attached hydrogens (tertiary/aromatic N) is 4. The lowest BCUT2D eigenvalue weighted by Crippen LogP contribution is -2.36. The molecule has 2 aromatic heterocycles. The van der Waals surface area contributed by atoms with Crippen LogP contribution in [0.4, 0.5) is 10.2 Å². The van der Waals surface area contributed by atoms with E-state index >= 15 is 0 Å². The fourth-order valence-corrected chi connectivity index (χ4v) is 5.59. The van der Waals surface area contributed by atoms with E-state index in [9.17, 15) is 12.8 Å². The molecule has 9 heteroatoms. The Bertz CT molecular complexity index is 1220. The first-order valence-electron chi connectivity index (χ1n) is 10.6. The zero-order chi connectivity index (χ0) is 22.3. The van der Waals surface area contributed by atoms with Crippen molar-refractivity contribution >= 4 is 26.9 Å². The minimum atomic E-state index is -3.76. The molecule has 0 bridgehead atoms. The summed E-state index contributed by atoms with van der Waals surface area (Å²) in [5.74, 6) is 1.26. The maximum atomic E-state index is 13.3. The summed E-state index contributed by atoms with van der Waals surface area (Å²) in [7, 11) is -3.76. The first kappa shape index (κ1) is 21.7. The monoisotopic (exact) mass is 445 g/mol. The van der Waals surface area contributed by atoms with Crippen molar-refractivity contribution in [2.75, 3.05) is 12.3 Å². The number of nitrogen functional groups attached to an aromatic ring is 1. The second-order valence-corrected chi connectivity index (χ2v) is 10.4. The van der Waals surface area contributed by atoms with Gasteiger partial charge in [0.05, 0.1) is 16.1 Å². The molecular formula is C22H28FN5O2S. The summed E-state index contributed by atoms with van der Waals surface area (Å²) in [6.07, 6.45) is 2.22. The minimum absolute atomic E-state index is 0.0827. The van der Waals surface area contributed by atoms with E-state index in [4.69, 9.17) is 10.7 Å². The van der Waals surface area contributed by atoms with Crippen LogP contribution in [0, 0.1) is 11.7 Å². The Balaban J connectivity index is 1.84. The van der Waals surface area contributed by atoms with Gasteiger partial charge < -0.3 is 10.3 Å². The summed E-state index contributed by atoms with van der Waals surface area (Å²) in [5, 5.41) is 0. The van der Waals surface area contributed by atoms with E-state index in [0.29, 0.717) is 30.2 Å². The average molecular weight is 446 g/mol. The van der Waals surface area contributed by atoms with E-state index < -0.39 is 15.8 Å². The number of imidazole rings is 1. The number of pyridine rings is 1. The molecule has 0 amide bonds. The van der Waals surface area contributed by atoms with Gasteiger partial charge in [-0.2, -0.15) is 4.31 Å². The summed E-state index contributed by atoms with van der Waals surface area (Å²) >= 11 is 0. The third-order valence-electron chi connectivity index (χ3n) is 5.58. The number of benzene rings is 1. The lowest BCUT2D eigenvalue weighted by atomic mass is 10.0.